The first-order valence-electron chi connectivity index (χ1n) is 3.43. The number of carbonyl (C=O) groups is 1. The Morgan fingerprint density at radius 2 is 2.17 bits per heavy atom. The minimum absolute atomic E-state index is 0. The summed E-state index contributed by atoms with van der Waals surface area (Å²) in [6.45, 7) is 0.532. The summed E-state index contributed by atoms with van der Waals surface area (Å²) in [5.74, 6) is 0.0738. The second-order valence-electron chi connectivity index (χ2n) is 2.25. The van der Waals surface area contributed by atoms with Crippen LogP contribution in [-0.4, -0.2) is 24.8 Å². The summed E-state index contributed by atoms with van der Waals surface area (Å²) in [5.41, 5.74) is 15.4. The van der Waals surface area contributed by atoms with Gasteiger partial charge in [-0.25, -0.2) is 0 Å². The van der Waals surface area contributed by atoms with E-state index in [-0.39, 0.29) is 43.0 Å². The van der Waals surface area contributed by atoms with Gasteiger partial charge in [0.2, 0.25) is 0 Å². The molecule has 0 aromatic heterocycles. The van der Waals surface area contributed by atoms with Crippen molar-refractivity contribution < 1.29 is 35.8 Å². The Balaban J connectivity index is -0.000000500. The fraction of sp³-hybridized carbons (Fsp3) is 0.667. The minimum Gasteiger partial charge on any atom is -1.00 e. The maximum Gasteiger partial charge on any atom is 1.00 e. The molecule has 0 aromatic carbocycles. The molecule has 0 unspecified atom stereocenters. The van der Waals surface area contributed by atoms with Gasteiger partial charge in [0.05, 0.1) is 6.04 Å². The van der Waals surface area contributed by atoms with E-state index < -0.39 is 0 Å². The molecule has 0 saturated carbocycles. The number of nitrogens with zero attached hydrogens (tertiary/aromatic N) is 1. The SMILES string of the molecule is NC(N)=NCCC[C@H](N)C=O.[H-].[Na+]. The summed E-state index contributed by atoms with van der Waals surface area (Å²) in [7, 11) is 0. The second kappa shape index (κ2) is 8.99. The van der Waals surface area contributed by atoms with E-state index in [1.807, 2.05) is 0 Å². The summed E-state index contributed by atoms with van der Waals surface area (Å²) < 4.78 is 0. The number of hydrogen-bond donors (Lipinski definition) is 3. The van der Waals surface area contributed by atoms with E-state index in [1.165, 1.54) is 0 Å². The molecule has 0 aliphatic heterocycles. The van der Waals surface area contributed by atoms with Crippen LogP contribution >= 0.6 is 0 Å². The van der Waals surface area contributed by atoms with Crippen molar-refractivity contribution in [3.05, 3.63) is 0 Å². The molecule has 0 rings (SSSR count). The average Bonchev–Trinajstić information content (AvgIpc) is 1.97. The Hall–Kier alpha value is -0.100. The van der Waals surface area contributed by atoms with Crippen LogP contribution in [0.15, 0.2) is 4.99 Å². The van der Waals surface area contributed by atoms with Crippen LogP contribution in [0.5, 0.6) is 0 Å². The molecule has 66 valence electrons. The molecule has 0 saturated heterocycles. The van der Waals surface area contributed by atoms with Gasteiger partial charge in [-0.05, 0) is 12.8 Å². The van der Waals surface area contributed by atoms with E-state index in [1.54, 1.807) is 0 Å². The Kier molecular flexibility index (Phi) is 10.8. The number of rotatable bonds is 5. The molecule has 0 amide bonds. The van der Waals surface area contributed by atoms with Crippen molar-refractivity contribution in [3.8, 4) is 0 Å². The molecule has 5 nitrogen and oxygen atoms in total. The minimum atomic E-state index is -0.385. The molecule has 0 radical (unpaired) electrons. The zero-order valence-corrected chi connectivity index (χ0v) is 9.36. The van der Waals surface area contributed by atoms with Crippen LogP contribution in [0, 0.1) is 0 Å². The molecule has 1 atom stereocenters. The van der Waals surface area contributed by atoms with Crippen molar-refractivity contribution in [2.75, 3.05) is 6.54 Å². The summed E-state index contributed by atoms with van der Waals surface area (Å²) in [5, 5.41) is 0. The second-order valence-corrected chi connectivity index (χ2v) is 2.25. The van der Waals surface area contributed by atoms with Crippen LogP contribution in [-0.2, 0) is 4.79 Å². The molecule has 0 aliphatic rings. The summed E-state index contributed by atoms with van der Waals surface area (Å²) >= 11 is 0. The van der Waals surface area contributed by atoms with Crippen molar-refractivity contribution >= 4 is 12.2 Å². The molecule has 0 heterocycles. The Labute approximate surface area is 95.5 Å². The predicted octanol–water partition coefficient (Wildman–Crippen LogP) is -4.32. The third kappa shape index (κ3) is 9.90. The predicted molar refractivity (Wildman–Crippen MR) is 45.1 cm³/mol. The van der Waals surface area contributed by atoms with Gasteiger partial charge in [-0.15, -0.1) is 0 Å². The number of aliphatic imine (C=N–C) groups is 1. The van der Waals surface area contributed by atoms with E-state index in [0.717, 1.165) is 12.7 Å². The molecule has 0 aliphatic carbocycles. The molecule has 0 bridgehead atoms. The molecule has 0 spiro atoms. The first kappa shape index (κ1) is 14.4. The molecular weight excluding hydrogens is 167 g/mol. The molecule has 12 heavy (non-hydrogen) atoms. The van der Waals surface area contributed by atoms with Gasteiger partial charge < -0.3 is 23.4 Å². The van der Waals surface area contributed by atoms with E-state index in [9.17, 15) is 4.79 Å². The van der Waals surface area contributed by atoms with Gasteiger partial charge >= 0.3 is 29.6 Å². The Morgan fingerprint density at radius 3 is 2.58 bits per heavy atom. The number of carbonyl (C=O) groups excluding carboxylic acids is 1. The topological polar surface area (TPSA) is 107 Å². The average molecular weight is 182 g/mol. The van der Waals surface area contributed by atoms with Gasteiger partial charge in [0, 0.05) is 6.54 Å². The normalized spacial score (nSPS) is 11.1. The molecule has 6 N–H and O–H groups in total. The Bertz CT molecular complexity index is 152. The van der Waals surface area contributed by atoms with E-state index >= 15 is 0 Å². The summed E-state index contributed by atoms with van der Waals surface area (Å²) in [6.07, 6.45) is 2.08. The Morgan fingerprint density at radius 1 is 1.58 bits per heavy atom. The molecule has 6 heteroatoms. The van der Waals surface area contributed by atoms with Crippen molar-refractivity contribution in [1.82, 2.24) is 0 Å². The fourth-order valence-electron chi connectivity index (χ4n) is 0.603. The first-order valence-corrected chi connectivity index (χ1v) is 3.43. The molecule has 0 fully saturated rings. The van der Waals surface area contributed by atoms with Crippen LogP contribution in [0.1, 0.15) is 14.3 Å². The summed E-state index contributed by atoms with van der Waals surface area (Å²) in [4.78, 5) is 13.8. The van der Waals surface area contributed by atoms with Crippen LogP contribution in [0.4, 0.5) is 0 Å². The number of guanidine groups is 1. The van der Waals surface area contributed by atoms with Gasteiger partial charge in [0.15, 0.2) is 5.96 Å². The standard InChI is InChI=1S/C6H14N4O.Na.H/c7-5(4-11)2-1-3-10-6(8)9;;/h4-5H,1-3,7H2,(H4,8,9,10);;/q;+1;-1/t5-;;/m0../s1. The number of hydrogen-bond acceptors (Lipinski definition) is 3. The quantitative estimate of drug-likeness (QED) is 0.131. The van der Waals surface area contributed by atoms with Crippen molar-refractivity contribution in [2.24, 2.45) is 22.2 Å². The largest absolute Gasteiger partial charge is 1.00 e. The maximum atomic E-state index is 10.0. The van der Waals surface area contributed by atoms with Gasteiger partial charge in [-0.2, -0.15) is 0 Å². The summed E-state index contributed by atoms with van der Waals surface area (Å²) in [6, 6.07) is -0.385. The first-order chi connectivity index (χ1) is 5.16. The van der Waals surface area contributed by atoms with Crippen LogP contribution < -0.4 is 46.8 Å². The molecule has 0 aromatic rings. The van der Waals surface area contributed by atoms with E-state index in [4.69, 9.17) is 17.2 Å². The van der Waals surface area contributed by atoms with Crippen molar-refractivity contribution in [1.29, 1.82) is 0 Å². The number of nitrogens with two attached hydrogens (primary N) is 3. The van der Waals surface area contributed by atoms with Gasteiger partial charge in [-0.3, -0.25) is 4.99 Å². The van der Waals surface area contributed by atoms with E-state index in [0.29, 0.717) is 13.0 Å². The molecular formula is C6H15N4NaO. The van der Waals surface area contributed by atoms with Crippen LogP contribution in [0.25, 0.3) is 0 Å². The third-order valence-corrected chi connectivity index (χ3v) is 1.16. The number of aldehydes is 1. The van der Waals surface area contributed by atoms with Gasteiger partial charge in [0.1, 0.15) is 6.29 Å². The van der Waals surface area contributed by atoms with Crippen LogP contribution in [0.2, 0.25) is 0 Å². The maximum absolute atomic E-state index is 10.0. The van der Waals surface area contributed by atoms with Crippen molar-refractivity contribution in [3.63, 3.8) is 0 Å². The van der Waals surface area contributed by atoms with Crippen LogP contribution in [0.3, 0.4) is 0 Å². The zero-order chi connectivity index (χ0) is 8.69. The third-order valence-electron chi connectivity index (χ3n) is 1.16. The van der Waals surface area contributed by atoms with E-state index in [2.05, 4.69) is 4.99 Å². The zero-order valence-electron chi connectivity index (χ0n) is 8.36. The van der Waals surface area contributed by atoms with Gasteiger partial charge in [-0.1, -0.05) is 0 Å². The monoisotopic (exact) mass is 182 g/mol. The van der Waals surface area contributed by atoms with Crippen molar-refractivity contribution in [2.45, 2.75) is 18.9 Å². The van der Waals surface area contributed by atoms with Gasteiger partial charge in [0.25, 0.3) is 0 Å². The smallest absolute Gasteiger partial charge is 1.00 e. The fourth-order valence-corrected chi connectivity index (χ4v) is 0.603.